The summed E-state index contributed by atoms with van der Waals surface area (Å²) in [5.74, 6) is 1.84. The van der Waals surface area contributed by atoms with Crippen LogP contribution in [0.15, 0.2) is 48.8 Å². The van der Waals surface area contributed by atoms with Crippen LogP contribution in [0.25, 0.3) is 11.4 Å². The van der Waals surface area contributed by atoms with Crippen molar-refractivity contribution >= 4 is 0 Å². The number of para-hydroxylation sites is 2. The predicted octanol–water partition coefficient (Wildman–Crippen LogP) is 7.05. The van der Waals surface area contributed by atoms with Gasteiger partial charge in [0.05, 0.1) is 11.4 Å². The van der Waals surface area contributed by atoms with Gasteiger partial charge in [-0.25, -0.2) is 0 Å². The molecule has 0 amide bonds. The van der Waals surface area contributed by atoms with Crippen molar-refractivity contribution in [3.63, 3.8) is 0 Å². The van der Waals surface area contributed by atoms with E-state index < -0.39 is 0 Å². The Morgan fingerprint density at radius 2 is 1.07 bits per heavy atom. The van der Waals surface area contributed by atoms with Crippen molar-refractivity contribution in [2.75, 3.05) is 0 Å². The Kier molecular flexibility index (Phi) is 6.31. The Morgan fingerprint density at radius 3 is 1.48 bits per heavy atom. The molecule has 2 heteroatoms. The lowest BCUT2D eigenvalue weighted by atomic mass is 9.92. The SMILES string of the molecule is CC(C)c1cccc(C(C)C)c1-n1[c-][n+](-c2c(C(C)C)cccc2C(C)C)cc1. The van der Waals surface area contributed by atoms with Gasteiger partial charge < -0.3 is 0 Å². The lowest BCUT2D eigenvalue weighted by molar-refractivity contribution is -0.600. The second-order valence-electron chi connectivity index (χ2n) is 9.33. The zero-order valence-electron chi connectivity index (χ0n) is 19.3. The Bertz CT molecular complexity index is 843. The standard InChI is InChI=1S/C27H36N2/c1-18(2)22-11-9-12-23(19(3)4)26(22)28-15-16-29(17-28)27-24(20(5)6)13-10-14-25(27)21(7)8/h9-16,18-21H,1-8H3. The van der Waals surface area contributed by atoms with Crippen LogP contribution in [0.5, 0.6) is 0 Å². The summed E-state index contributed by atoms with van der Waals surface area (Å²) in [6.07, 6.45) is 7.98. The first-order valence-corrected chi connectivity index (χ1v) is 11.0. The van der Waals surface area contributed by atoms with Crippen LogP contribution in [0, 0.1) is 6.33 Å². The van der Waals surface area contributed by atoms with Gasteiger partial charge in [-0.3, -0.25) is 9.13 Å². The molecule has 0 N–H and O–H groups in total. The van der Waals surface area contributed by atoms with E-state index in [1.165, 1.54) is 33.6 Å². The molecule has 0 atom stereocenters. The largest absolute Gasteiger partial charge is 0.298 e. The van der Waals surface area contributed by atoms with E-state index in [4.69, 9.17) is 0 Å². The first-order chi connectivity index (χ1) is 13.7. The van der Waals surface area contributed by atoms with Gasteiger partial charge in [-0.1, -0.05) is 91.8 Å². The molecule has 0 saturated heterocycles. The molecule has 0 radical (unpaired) electrons. The smallest absolute Gasteiger partial charge is 0.268 e. The third kappa shape index (κ3) is 4.17. The average Bonchev–Trinajstić information content (AvgIpc) is 3.15. The molecule has 0 fully saturated rings. The number of aromatic nitrogens is 2. The quantitative estimate of drug-likeness (QED) is 0.316. The Hall–Kier alpha value is -2.35. The highest BCUT2D eigenvalue weighted by atomic mass is 15.1. The summed E-state index contributed by atoms with van der Waals surface area (Å²) in [7, 11) is 0. The minimum Gasteiger partial charge on any atom is -0.298 e. The lowest BCUT2D eigenvalue weighted by Gasteiger charge is -2.21. The number of hydrogen-bond donors (Lipinski definition) is 0. The molecule has 0 aliphatic rings. The van der Waals surface area contributed by atoms with Crippen molar-refractivity contribution in [1.82, 2.24) is 4.57 Å². The van der Waals surface area contributed by atoms with Crippen LogP contribution in [0.4, 0.5) is 0 Å². The second kappa shape index (κ2) is 8.57. The minimum absolute atomic E-state index is 0.460. The highest BCUT2D eigenvalue weighted by Crippen LogP contribution is 2.31. The summed E-state index contributed by atoms with van der Waals surface area (Å²) in [4.78, 5) is 0. The molecule has 154 valence electrons. The van der Waals surface area contributed by atoms with Gasteiger partial charge in [0.2, 0.25) is 0 Å². The van der Waals surface area contributed by atoms with Crippen LogP contribution in [0.3, 0.4) is 0 Å². The first kappa shape index (κ1) is 21.4. The van der Waals surface area contributed by atoms with E-state index in [-0.39, 0.29) is 0 Å². The maximum absolute atomic E-state index is 3.66. The van der Waals surface area contributed by atoms with E-state index in [1.807, 2.05) is 0 Å². The van der Waals surface area contributed by atoms with Crippen LogP contribution in [-0.4, -0.2) is 4.57 Å². The third-order valence-corrected chi connectivity index (χ3v) is 5.75. The Morgan fingerprint density at radius 1 is 0.655 bits per heavy atom. The first-order valence-electron chi connectivity index (χ1n) is 11.0. The van der Waals surface area contributed by atoms with E-state index >= 15 is 0 Å². The fraction of sp³-hybridized carbons (Fsp3) is 0.444. The van der Waals surface area contributed by atoms with Gasteiger partial charge in [0.1, 0.15) is 0 Å². The Labute approximate surface area is 177 Å². The molecule has 1 heterocycles. The summed E-state index contributed by atoms with van der Waals surface area (Å²) in [5, 5.41) is 0. The molecule has 29 heavy (non-hydrogen) atoms. The topological polar surface area (TPSA) is 8.81 Å². The molecule has 0 unspecified atom stereocenters. The predicted molar refractivity (Wildman–Crippen MR) is 122 cm³/mol. The van der Waals surface area contributed by atoms with Gasteiger partial charge in [-0.2, -0.15) is 0 Å². The molecular weight excluding hydrogens is 352 g/mol. The van der Waals surface area contributed by atoms with E-state index in [2.05, 4.69) is 120 Å². The second-order valence-corrected chi connectivity index (χ2v) is 9.33. The monoisotopic (exact) mass is 388 g/mol. The maximum Gasteiger partial charge on any atom is 0.268 e. The van der Waals surface area contributed by atoms with Gasteiger partial charge in [0, 0.05) is 12.4 Å². The molecule has 3 rings (SSSR count). The van der Waals surface area contributed by atoms with Crippen LogP contribution in [-0.2, 0) is 0 Å². The lowest BCUT2D eigenvalue weighted by Crippen LogP contribution is -2.32. The summed E-state index contributed by atoms with van der Waals surface area (Å²) >= 11 is 0. The van der Waals surface area contributed by atoms with Crippen molar-refractivity contribution in [3.05, 3.63) is 77.4 Å². The molecule has 0 spiro atoms. The number of rotatable bonds is 6. The molecule has 2 nitrogen and oxygen atoms in total. The van der Waals surface area contributed by atoms with E-state index in [1.54, 1.807) is 0 Å². The molecule has 0 aliphatic heterocycles. The van der Waals surface area contributed by atoms with Gasteiger partial charge >= 0.3 is 0 Å². The van der Waals surface area contributed by atoms with E-state index in [0.717, 1.165) is 0 Å². The number of hydrogen-bond acceptors (Lipinski definition) is 0. The molecule has 3 aromatic rings. The van der Waals surface area contributed by atoms with Crippen LogP contribution in [0.2, 0.25) is 0 Å². The van der Waals surface area contributed by atoms with Crippen molar-refractivity contribution in [1.29, 1.82) is 0 Å². The molecule has 2 aromatic carbocycles. The fourth-order valence-electron chi connectivity index (χ4n) is 4.14. The zero-order chi connectivity index (χ0) is 21.3. The van der Waals surface area contributed by atoms with Crippen LogP contribution < -0.4 is 4.57 Å². The zero-order valence-corrected chi connectivity index (χ0v) is 19.3. The van der Waals surface area contributed by atoms with E-state index in [0.29, 0.717) is 23.7 Å². The van der Waals surface area contributed by atoms with Crippen LogP contribution >= 0.6 is 0 Å². The number of nitrogens with zero attached hydrogens (tertiary/aromatic N) is 2. The normalized spacial score (nSPS) is 12.0. The molecule has 0 aliphatic carbocycles. The number of benzene rings is 2. The minimum atomic E-state index is 0.460. The van der Waals surface area contributed by atoms with Crippen molar-refractivity contribution in [2.45, 2.75) is 79.1 Å². The highest BCUT2D eigenvalue weighted by molar-refractivity contribution is 5.51. The molecule has 0 saturated carbocycles. The fourth-order valence-corrected chi connectivity index (χ4v) is 4.14. The molecule has 0 bridgehead atoms. The molecular formula is C27H36N2. The maximum atomic E-state index is 3.66. The summed E-state index contributed by atoms with van der Waals surface area (Å²) in [6, 6.07) is 13.4. The molecule has 1 aromatic heterocycles. The van der Waals surface area contributed by atoms with Crippen molar-refractivity contribution < 1.29 is 4.57 Å². The van der Waals surface area contributed by atoms with Crippen molar-refractivity contribution in [3.8, 4) is 11.4 Å². The summed E-state index contributed by atoms with van der Waals surface area (Å²) in [6.45, 7) is 18.2. The van der Waals surface area contributed by atoms with Crippen molar-refractivity contribution in [2.24, 2.45) is 0 Å². The summed E-state index contributed by atoms with van der Waals surface area (Å²) in [5.41, 5.74) is 8.05. The van der Waals surface area contributed by atoms with E-state index in [9.17, 15) is 0 Å². The third-order valence-electron chi connectivity index (χ3n) is 5.75. The Balaban J connectivity index is 2.23. The van der Waals surface area contributed by atoms with Gasteiger partial charge in [0.15, 0.2) is 0 Å². The van der Waals surface area contributed by atoms with Gasteiger partial charge in [-0.05, 0) is 45.9 Å². The summed E-state index contributed by atoms with van der Waals surface area (Å²) < 4.78 is 4.40. The van der Waals surface area contributed by atoms with Gasteiger partial charge in [-0.15, -0.1) is 0 Å². The van der Waals surface area contributed by atoms with Gasteiger partial charge in [0.25, 0.3) is 6.33 Å². The highest BCUT2D eigenvalue weighted by Gasteiger charge is 2.19. The number of imidazole rings is 1. The average molecular weight is 389 g/mol. The van der Waals surface area contributed by atoms with Crippen LogP contribution in [0.1, 0.15) is 101 Å².